The molecule has 0 saturated heterocycles. The van der Waals surface area contributed by atoms with Crippen LogP contribution in [0, 0.1) is 0 Å². The highest BCUT2D eigenvalue weighted by molar-refractivity contribution is 7.91. The molecule has 8 heteroatoms. The molecule has 2 rings (SSSR count). The maximum Gasteiger partial charge on any atom is 0.416 e. The molecule has 0 spiro atoms. The van der Waals surface area contributed by atoms with Crippen molar-refractivity contribution in [2.75, 3.05) is 6.54 Å². The highest BCUT2D eigenvalue weighted by Crippen LogP contribution is 2.32. The lowest BCUT2D eigenvalue weighted by atomic mass is 10.1. The van der Waals surface area contributed by atoms with E-state index in [0.29, 0.717) is 5.02 Å². The monoisotopic (exact) mass is 364 g/mol. The number of quaternary nitrogens is 1. The summed E-state index contributed by atoms with van der Waals surface area (Å²) in [7, 11) is -3.77. The van der Waals surface area contributed by atoms with Crippen LogP contribution in [0.4, 0.5) is 13.2 Å². The van der Waals surface area contributed by atoms with Crippen molar-refractivity contribution in [1.82, 2.24) is 0 Å². The predicted octanol–water partition coefficient (Wildman–Crippen LogP) is 3.12. The van der Waals surface area contributed by atoms with Gasteiger partial charge in [-0.25, -0.2) is 8.42 Å². The van der Waals surface area contributed by atoms with Crippen LogP contribution in [0.15, 0.2) is 53.4 Å². The standard InChI is InChI=1S/C15H13ClF3NO2S/c16-12-5-7-13(8-6-12)23(21,22)14(9-20)10-1-3-11(4-2-10)15(17,18)19/h1-8,14H,9,20H2/p+1/t14-/m0/s1. The van der Waals surface area contributed by atoms with Gasteiger partial charge in [0.25, 0.3) is 0 Å². The molecule has 1 atom stereocenters. The Labute approximate surface area is 136 Å². The van der Waals surface area contributed by atoms with Crippen LogP contribution < -0.4 is 5.73 Å². The molecule has 0 heterocycles. The molecule has 0 radical (unpaired) electrons. The molecule has 0 aromatic heterocycles. The second kappa shape index (κ2) is 6.51. The maximum atomic E-state index is 12.7. The summed E-state index contributed by atoms with van der Waals surface area (Å²) in [6, 6.07) is 9.71. The molecule has 0 fully saturated rings. The van der Waals surface area contributed by atoms with Gasteiger partial charge in [0.1, 0.15) is 5.25 Å². The molecule has 2 aromatic carbocycles. The molecule has 0 bridgehead atoms. The number of alkyl halides is 3. The quantitative estimate of drug-likeness (QED) is 0.906. The van der Waals surface area contributed by atoms with Crippen molar-refractivity contribution in [3.8, 4) is 0 Å². The van der Waals surface area contributed by atoms with Crippen LogP contribution >= 0.6 is 11.6 Å². The summed E-state index contributed by atoms with van der Waals surface area (Å²) >= 11 is 5.74. The molecule has 3 N–H and O–H groups in total. The van der Waals surface area contributed by atoms with Crippen LogP contribution in [0.2, 0.25) is 5.02 Å². The van der Waals surface area contributed by atoms with Gasteiger partial charge in [0.15, 0.2) is 9.84 Å². The number of hydrogen-bond donors (Lipinski definition) is 1. The van der Waals surface area contributed by atoms with Gasteiger partial charge >= 0.3 is 6.18 Å². The van der Waals surface area contributed by atoms with Gasteiger partial charge in [-0.05, 0) is 42.0 Å². The molecular weight excluding hydrogens is 351 g/mol. The van der Waals surface area contributed by atoms with Crippen molar-refractivity contribution in [3.63, 3.8) is 0 Å². The van der Waals surface area contributed by atoms with Gasteiger partial charge in [-0.3, -0.25) is 0 Å². The number of halogens is 4. The van der Waals surface area contributed by atoms with Gasteiger partial charge in [0, 0.05) is 5.02 Å². The van der Waals surface area contributed by atoms with E-state index >= 15 is 0 Å². The predicted molar refractivity (Wildman–Crippen MR) is 80.6 cm³/mol. The molecule has 3 nitrogen and oxygen atoms in total. The molecule has 0 unspecified atom stereocenters. The van der Waals surface area contributed by atoms with Crippen molar-refractivity contribution in [3.05, 3.63) is 64.7 Å². The fourth-order valence-corrected chi connectivity index (χ4v) is 3.97. The van der Waals surface area contributed by atoms with Crippen LogP contribution in [0.25, 0.3) is 0 Å². The van der Waals surface area contributed by atoms with E-state index in [1.54, 1.807) is 0 Å². The fraction of sp³-hybridized carbons (Fsp3) is 0.200. The Bertz CT molecular complexity index is 772. The van der Waals surface area contributed by atoms with E-state index in [0.717, 1.165) is 12.1 Å². The van der Waals surface area contributed by atoms with Crippen molar-refractivity contribution < 1.29 is 27.3 Å². The average molecular weight is 365 g/mol. The van der Waals surface area contributed by atoms with Gasteiger partial charge in [-0.15, -0.1) is 0 Å². The van der Waals surface area contributed by atoms with E-state index in [-0.39, 0.29) is 17.0 Å². The summed E-state index contributed by atoms with van der Waals surface area (Å²) in [4.78, 5) is 0.0513. The molecule has 0 aliphatic carbocycles. The molecule has 23 heavy (non-hydrogen) atoms. The first kappa shape index (κ1) is 17.8. The lowest BCUT2D eigenvalue weighted by Gasteiger charge is -2.16. The summed E-state index contributed by atoms with van der Waals surface area (Å²) in [5, 5.41) is -0.629. The molecule has 2 aromatic rings. The Hall–Kier alpha value is -1.57. The first-order valence-electron chi connectivity index (χ1n) is 6.62. The summed E-state index contributed by atoms with van der Waals surface area (Å²) in [6.45, 7) is -0.00365. The maximum absolute atomic E-state index is 12.7. The third kappa shape index (κ3) is 3.85. The van der Waals surface area contributed by atoms with Crippen LogP contribution in [0.1, 0.15) is 16.4 Å². The molecule has 0 saturated carbocycles. The number of rotatable bonds is 4. The van der Waals surface area contributed by atoms with Crippen molar-refractivity contribution in [2.24, 2.45) is 0 Å². The third-order valence-electron chi connectivity index (χ3n) is 3.39. The van der Waals surface area contributed by atoms with Gasteiger partial charge in [-0.2, -0.15) is 13.2 Å². The molecule has 0 aliphatic heterocycles. The van der Waals surface area contributed by atoms with Gasteiger partial charge in [0.05, 0.1) is 17.0 Å². The van der Waals surface area contributed by atoms with E-state index < -0.39 is 26.8 Å². The zero-order valence-electron chi connectivity index (χ0n) is 11.8. The smallest absolute Gasteiger partial charge is 0.356 e. The summed E-state index contributed by atoms with van der Waals surface area (Å²) in [6.07, 6.45) is -4.46. The minimum absolute atomic E-state index is 0.00365. The van der Waals surface area contributed by atoms with Crippen molar-refractivity contribution >= 4 is 21.4 Å². The second-order valence-corrected chi connectivity index (χ2v) is 7.46. The van der Waals surface area contributed by atoms with Crippen molar-refractivity contribution in [2.45, 2.75) is 16.3 Å². The lowest BCUT2D eigenvalue weighted by molar-refractivity contribution is -0.367. The molecule has 0 aliphatic rings. The fourth-order valence-electron chi connectivity index (χ4n) is 2.18. The Morgan fingerprint density at radius 2 is 1.52 bits per heavy atom. The number of hydrogen-bond acceptors (Lipinski definition) is 2. The van der Waals surface area contributed by atoms with Crippen molar-refractivity contribution in [1.29, 1.82) is 0 Å². The first-order valence-corrected chi connectivity index (χ1v) is 8.54. The largest absolute Gasteiger partial charge is 0.416 e. The lowest BCUT2D eigenvalue weighted by Crippen LogP contribution is -2.54. The highest BCUT2D eigenvalue weighted by Gasteiger charge is 2.33. The van der Waals surface area contributed by atoms with Gasteiger partial charge in [0.2, 0.25) is 0 Å². The summed E-state index contributed by atoms with van der Waals surface area (Å²) in [5.41, 5.74) is 3.06. The van der Waals surface area contributed by atoms with E-state index in [9.17, 15) is 21.6 Å². The Balaban J connectivity index is 2.41. The number of benzene rings is 2. The van der Waals surface area contributed by atoms with E-state index in [4.69, 9.17) is 11.6 Å². The first-order chi connectivity index (χ1) is 10.7. The topological polar surface area (TPSA) is 61.8 Å². The third-order valence-corrected chi connectivity index (χ3v) is 5.83. The van der Waals surface area contributed by atoms with Crippen LogP contribution in [-0.2, 0) is 16.0 Å². The Morgan fingerprint density at radius 3 is 1.96 bits per heavy atom. The summed E-state index contributed by atoms with van der Waals surface area (Å²) in [5.74, 6) is 0. The molecule has 124 valence electrons. The van der Waals surface area contributed by atoms with Crippen LogP contribution in [0.3, 0.4) is 0 Å². The highest BCUT2D eigenvalue weighted by atomic mass is 35.5. The molecule has 0 amide bonds. The average Bonchev–Trinajstić information content (AvgIpc) is 2.48. The zero-order valence-corrected chi connectivity index (χ0v) is 13.4. The minimum Gasteiger partial charge on any atom is -0.356 e. The van der Waals surface area contributed by atoms with Gasteiger partial charge in [-0.1, -0.05) is 23.7 Å². The van der Waals surface area contributed by atoms with E-state index in [1.807, 2.05) is 0 Å². The van der Waals surface area contributed by atoms with Crippen LogP contribution in [0.5, 0.6) is 0 Å². The molecular formula is C15H14ClF3NO2S+. The SMILES string of the molecule is [NH3+]C[C@@H](c1ccc(C(F)(F)F)cc1)S(=O)(=O)c1ccc(Cl)cc1. The van der Waals surface area contributed by atoms with E-state index in [1.165, 1.54) is 36.4 Å². The van der Waals surface area contributed by atoms with E-state index in [2.05, 4.69) is 5.73 Å². The van der Waals surface area contributed by atoms with Crippen LogP contribution in [-0.4, -0.2) is 15.0 Å². The Morgan fingerprint density at radius 1 is 1.00 bits per heavy atom. The Kier molecular flexibility index (Phi) is 5.03. The number of sulfone groups is 1. The zero-order chi connectivity index (χ0) is 17.3. The minimum atomic E-state index is -4.46. The van der Waals surface area contributed by atoms with Gasteiger partial charge < -0.3 is 5.73 Å². The second-order valence-electron chi connectivity index (χ2n) is 4.90. The normalized spacial score (nSPS) is 13.8. The summed E-state index contributed by atoms with van der Waals surface area (Å²) < 4.78 is 63.1.